The number of nitrogens with two attached hydrogens (primary N) is 1. The molecular formula is C30H49N5O4. The summed E-state index contributed by atoms with van der Waals surface area (Å²) in [5, 5.41) is 17.5. The Morgan fingerprint density at radius 1 is 1.05 bits per heavy atom. The zero-order valence-corrected chi connectivity index (χ0v) is 24.1. The fourth-order valence-corrected chi connectivity index (χ4v) is 4.13. The second-order valence-electron chi connectivity index (χ2n) is 9.42. The minimum atomic E-state index is 0.0335. The zero-order valence-electron chi connectivity index (χ0n) is 24.1. The molecule has 0 bridgehead atoms. The highest BCUT2D eigenvalue weighted by atomic mass is 16.5. The van der Waals surface area contributed by atoms with Gasteiger partial charge in [-0.1, -0.05) is 45.4 Å². The molecule has 0 aliphatic heterocycles. The smallest absolute Gasteiger partial charge is 0.152 e. The van der Waals surface area contributed by atoms with Crippen LogP contribution < -0.4 is 31.7 Å². The second-order valence-corrected chi connectivity index (χ2v) is 9.42. The number of aliphatic hydroxyl groups excluding tert-OH is 1. The van der Waals surface area contributed by atoms with Crippen molar-refractivity contribution in [3.05, 3.63) is 52.2 Å². The van der Waals surface area contributed by atoms with Crippen LogP contribution in [0.3, 0.4) is 0 Å². The fourth-order valence-electron chi connectivity index (χ4n) is 4.13. The van der Waals surface area contributed by atoms with Gasteiger partial charge in [-0.05, 0) is 35.8 Å². The van der Waals surface area contributed by atoms with Gasteiger partial charge in [0.05, 0.1) is 52.0 Å². The highest BCUT2D eigenvalue weighted by Gasteiger charge is 2.10. The van der Waals surface area contributed by atoms with Crippen molar-refractivity contribution in [2.24, 2.45) is 10.7 Å². The molecule has 1 aromatic heterocycles. The maximum absolute atomic E-state index is 8.70. The van der Waals surface area contributed by atoms with Crippen molar-refractivity contribution >= 4 is 18.2 Å². The second kappa shape index (κ2) is 19.2. The quantitative estimate of drug-likeness (QED) is 0.108. The molecule has 0 aliphatic rings. The molecule has 0 saturated carbocycles. The first-order valence-electron chi connectivity index (χ1n) is 14.1. The molecule has 39 heavy (non-hydrogen) atoms. The Hall–Kier alpha value is -2.85. The van der Waals surface area contributed by atoms with E-state index >= 15 is 0 Å². The van der Waals surface area contributed by atoms with E-state index in [4.69, 9.17) is 30.0 Å². The van der Waals surface area contributed by atoms with Crippen LogP contribution in [0.1, 0.15) is 57.1 Å². The van der Waals surface area contributed by atoms with E-state index in [1.54, 1.807) is 7.11 Å². The van der Waals surface area contributed by atoms with Gasteiger partial charge < -0.3 is 40.3 Å². The number of hydrogen-bond donors (Lipinski definition) is 4. The van der Waals surface area contributed by atoms with Crippen molar-refractivity contribution in [3.63, 3.8) is 0 Å². The summed E-state index contributed by atoms with van der Waals surface area (Å²) in [6.45, 7) is 13.5. The van der Waals surface area contributed by atoms with E-state index in [0.717, 1.165) is 72.0 Å². The van der Waals surface area contributed by atoms with Gasteiger partial charge in [0.15, 0.2) is 5.82 Å². The van der Waals surface area contributed by atoms with Crippen LogP contribution in [-0.2, 0) is 22.6 Å². The number of rotatable bonds is 21. The Morgan fingerprint density at radius 2 is 1.85 bits per heavy atom. The number of amidine groups is 1. The predicted molar refractivity (Wildman–Crippen MR) is 159 cm³/mol. The Balaban J connectivity index is 2.12. The van der Waals surface area contributed by atoms with Crippen molar-refractivity contribution in [2.75, 3.05) is 53.2 Å². The van der Waals surface area contributed by atoms with Crippen LogP contribution in [0, 0.1) is 0 Å². The molecule has 0 spiro atoms. The average molecular weight is 544 g/mol. The van der Waals surface area contributed by atoms with Crippen LogP contribution in [0.5, 0.6) is 5.75 Å². The number of hydrogen-bond acceptors (Lipinski definition) is 7. The van der Waals surface area contributed by atoms with Crippen LogP contribution in [-0.4, -0.2) is 68.7 Å². The lowest BCUT2D eigenvalue weighted by atomic mass is 10.1. The molecule has 0 saturated heterocycles. The van der Waals surface area contributed by atoms with Gasteiger partial charge in [-0.2, -0.15) is 0 Å². The van der Waals surface area contributed by atoms with Crippen LogP contribution >= 0.6 is 0 Å². The molecule has 2 aromatic rings. The molecule has 9 heteroatoms. The van der Waals surface area contributed by atoms with E-state index in [0.29, 0.717) is 45.4 Å². The van der Waals surface area contributed by atoms with Crippen molar-refractivity contribution in [1.29, 1.82) is 0 Å². The fraction of sp³-hybridized carbons (Fsp3) is 0.567. The minimum Gasteiger partial charge on any atom is -0.496 e. The summed E-state index contributed by atoms with van der Waals surface area (Å²) in [7, 11) is 1.70. The number of aliphatic hydroxyl groups is 1. The van der Waals surface area contributed by atoms with E-state index < -0.39 is 0 Å². The SMILES string of the molecule is C=c1ccn(Cc2ccc(CNCCOCCOCCO)cc2OC)/c1=C(/N=C(/N)CCC)NCCCCC. The maximum Gasteiger partial charge on any atom is 0.152 e. The molecule has 218 valence electrons. The number of aromatic nitrogens is 1. The summed E-state index contributed by atoms with van der Waals surface area (Å²) in [6.07, 6.45) is 7.14. The minimum absolute atomic E-state index is 0.0335. The summed E-state index contributed by atoms with van der Waals surface area (Å²) in [5.41, 5.74) is 8.44. The number of nitrogens with one attached hydrogen (secondary N) is 2. The number of nitrogens with zero attached hydrogens (tertiary/aromatic N) is 2. The molecule has 9 nitrogen and oxygen atoms in total. The van der Waals surface area contributed by atoms with Gasteiger partial charge in [0.25, 0.3) is 0 Å². The first kappa shape index (κ1) is 32.4. The lowest BCUT2D eigenvalue weighted by molar-refractivity contribution is 0.0340. The maximum atomic E-state index is 8.70. The van der Waals surface area contributed by atoms with Gasteiger partial charge in [-0.25, -0.2) is 4.99 Å². The Morgan fingerprint density at radius 3 is 2.56 bits per heavy atom. The van der Waals surface area contributed by atoms with Gasteiger partial charge in [0, 0.05) is 37.8 Å². The van der Waals surface area contributed by atoms with E-state index in [1.165, 1.54) is 6.42 Å². The molecule has 2 rings (SSSR count). The van der Waals surface area contributed by atoms with E-state index in [9.17, 15) is 0 Å². The number of ether oxygens (including phenoxy) is 3. The molecule has 1 aromatic carbocycles. The molecule has 0 unspecified atom stereocenters. The summed E-state index contributed by atoms with van der Waals surface area (Å²) in [4.78, 5) is 4.77. The number of aliphatic imine (C=N–C) groups is 1. The highest BCUT2D eigenvalue weighted by Crippen LogP contribution is 2.21. The number of unbranched alkanes of at least 4 members (excludes halogenated alkanes) is 2. The summed E-state index contributed by atoms with van der Waals surface area (Å²) < 4.78 is 18.6. The lowest BCUT2D eigenvalue weighted by Gasteiger charge is -2.14. The van der Waals surface area contributed by atoms with Crippen LogP contribution in [0.15, 0.2) is 35.5 Å². The molecular weight excluding hydrogens is 494 g/mol. The van der Waals surface area contributed by atoms with Crippen molar-refractivity contribution in [2.45, 2.75) is 59.0 Å². The van der Waals surface area contributed by atoms with E-state index in [2.05, 4.69) is 53.8 Å². The first-order valence-corrected chi connectivity index (χ1v) is 14.1. The lowest BCUT2D eigenvalue weighted by Crippen LogP contribution is -2.36. The van der Waals surface area contributed by atoms with Gasteiger partial charge in [0.1, 0.15) is 11.6 Å². The van der Waals surface area contributed by atoms with Crippen LogP contribution in [0.2, 0.25) is 0 Å². The summed E-state index contributed by atoms with van der Waals surface area (Å²) >= 11 is 0. The number of methoxy groups -OCH3 is 1. The molecule has 0 atom stereocenters. The van der Waals surface area contributed by atoms with Gasteiger partial charge in [0.2, 0.25) is 0 Å². The van der Waals surface area contributed by atoms with Crippen molar-refractivity contribution in [3.8, 4) is 5.75 Å². The van der Waals surface area contributed by atoms with Gasteiger partial charge >= 0.3 is 0 Å². The molecule has 0 fully saturated rings. The normalized spacial score (nSPS) is 12.6. The third-order valence-electron chi connectivity index (χ3n) is 6.16. The third-order valence-corrected chi connectivity index (χ3v) is 6.16. The molecule has 0 radical (unpaired) electrons. The summed E-state index contributed by atoms with van der Waals surface area (Å²) in [5.74, 6) is 2.23. The van der Waals surface area contributed by atoms with Crippen LogP contribution in [0.25, 0.3) is 12.4 Å². The van der Waals surface area contributed by atoms with E-state index in [1.807, 2.05) is 12.3 Å². The largest absolute Gasteiger partial charge is 0.496 e. The van der Waals surface area contributed by atoms with Gasteiger partial charge in [-0.3, -0.25) is 0 Å². The number of benzene rings is 1. The van der Waals surface area contributed by atoms with Gasteiger partial charge in [-0.15, -0.1) is 0 Å². The highest BCUT2D eigenvalue weighted by molar-refractivity contribution is 5.83. The summed E-state index contributed by atoms with van der Waals surface area (Å²) in [6, 6.07) is 8.32. The Kier molecular flexibility index (Phi) is 16.0. The van der Waals surface area contributed by atoms with Crippen LogP contribution in [0.4, 0.5) is 0 Å². The van der Waals surface area contributed by atoms with Crippen molar-refractivity contribution < 1.29 is 19.3 Å². The molecule has 5 N–H and O–H groups in total. The average Bonchev–Trinajstić information content (AvgIpc) is 3.29. The Bertz CT molecular complexity index is 1100. The monoisotopic (exact) mass is 543 g/mol. The topological polar surface area (TPSA) is 115 Å². The first-order chi connectivity index (χ1) is 19.0. The zero-order chi connectivity index (χ0) is 28.3. The predicted octanol–water partition coefficient (Wildman–Crippen LogP) is 2.07. The standard InChI is InChI=1S/C30H49N5O4/c1-5-7-8-13-33-30(34-28(31)9-6-2)29-24(3)12-15-35(29)23-26-11-10-25(21-27(26)37-4)22-32-14-17-38-19-20-39-18-16-36/h10-12,15,21,32-33,36H,3,5-9,13-14,16-20,22-23H2,1-2,4H3,(H2,31,34)/b30-29+. The molecule has 0 amide bonds. The van der Waals surface area contributed by atoms with Crippen molar-refractivity contribution in [1.82, 2.24) is 15.2 Å². The molecule has 1 heterocycles. The third kappa shape index (κ3) is 11.8. The van der Waals surface area contributed by atoms with E-state index in [-0.39, 0.29) is 6.61 Å². The molecule has 0 aliphatic carbocycles. The Labute approximate surface area is 233 Å².